The molecule has 4 heteroatoms. The molecule has 1 aliphatic heterocycles. The van der Waals surface area contributed by atoms with E-state index in [2.05, 4.69) is 0 Å². The number of anilines is 1. The molecule has 4 nitrogen and oxygen atoms in total. The van der Waals surface area contributed by atoms with E-state index in [1.165, 1.54) is 0 Å². The lowest BCUT2D eigenvalue weighted by Crippen LogP contribution is -2.37. The van der Waals surface area contributed by atoms with E-state index in [4.69, 9.17) is 9.47 Å². The number of fused-ring (bicyclic) bond motifs is 1. The number of methoxy groups -OCH3 is 1. The molecule has 0 N–H and O–H groups in total. The highest BCUT2D eigenvalue weighted by atomic mass is 16.6. The summed E-state index contributed by atoms with van der Waals surface area (Å²) in [6, 6.07) is 14.9. The molecule has 108 valence electrons. The number of hydrogen-bond donors (Lipinski definition) is 0. The van der Waals surface area contributed by atoms with Crippen LogP contribution in [0.5, 0.6) is 11.5 Å². The fraction of sp³-hybridized carbons (Fsp3) is 0.235. The maximum absolute atomic E-state index is 12.4. The van der Waals surface area contributed by atoms with Gasteiger partial charge in [-0.15, -0.1) is 0 Å². The van der Waals surface area contributed by atoms with Gasteiger partial charge in [-0.3, -0.25) is 4.90 Å². The molecule has 1 heterocycles. The van der Waals surface area contributed by atoms with Crippen molar-refractivity contribution >= 4 is 11.8 Å². The lowest BCUT2D eigenvalue weighted by atomic mass is 10.0. The summed E-state index contributed by atoms with van der Waals surface area (Å²) >= 11 is 0. The summed E-state index contributed by atoms with van der Waals surface area (Å²) in [6.45, 7) is 0.638. The Bertz CT molecular complexity index is 625. The normalized spacial score (nSPS) is 13.5. The third-order valence-electron chi connectivity index (χ3n) is 3.57. The summed E-state index contributed by atoms with van der Waals surface area (Å²) < 4.78 is 10.8. The molecule has 0 spiro atoms. The van der Waals surface area contributed by atoms with Crippen molar-refractivity contribution in [3.8, 4) is 11.5 Å². The predicted molar refractivity (Wildman–Crippen MR) is 81.1 cm³/mol. The molecule has 0 aliphatic carbocycles. The van der Waals surface area contributed by atoms with Gasteiger partial charge in [-0.05, 0) is 36.6 Å². The molecule has 0 unspecified atom stereocenters. The first-order chi connectivity index (χ1) is 10.3. The molecule has 0 aromatic heterocycles. The summed E-state index contributed by atoms with van der Waals surface area (Å²) in [5.74, 6) is 1.25. The number of aryl methyl sites for hydroxylation is 1. The minimum atomic E-state index is -0.369. The van der Waals surface area contributed by atoms with Crippen molar-refractivity contribution in [2.24, 2.45) is 0 Å². The van der Waals surface area contributed by atoms with Crippen LogP contribution in [0.1, 0.15) is 12.0 Å². The van der Waals surface area contributed by atoms with E-state index < -0.39 is 0 Å². The van der Waals surface area contributed by atoms with Gasteiger partial charge in [0, 0.05) is 6.54 Å². The van der Waals surface area contributed by atoms with Crippen molar-refractivity contribution in [1.82, 2.24) is 0 Å². The molecular formula is C17H17NO3. The molecule has 1 amide bonds. The molecular weight excluding hydrogens is 266 g/mol. The second kappa shape index (κ2) is 5.87. The van der Waals surface area contributed by atoms with Crippen LogP contribution in [0.3, 0.4) is 0 Å². The second-order valence-electron chi connectivity index (χ2n) is 4.90. The van der Waals surface area contributed by atoms with Crippen molar-refractivity contribution in [2.75, 3.05) is 18.6 Å². The molecule has 3 rings (SSSR count). The van der Waals surface area contributed by atoms with Crippen molar-refractivity contribution in [3.05, 3.63) is 54.1 Å². The van der Waals surface area contributed by atoms with Crippen LogP contribution in [0.15, 0.2) is 48.5 Å². The Morgan fingerprint density at radius 2 is 1.90 bits per heavy atom. The molecule has 0 fully saturated rings. The van der Waals surface area contributed by atoms with Crippen LogP contribution >= 0.6 is 0 Å². The topological polar surface area (TPSA) is 38.8 Å². The van der Waals surface area contributed by atoms with Crippen molar-refractivity contribution in [1.29, 1.82) is 0 Å². The Balaban J connectivity index is 1.89. The Kier molecular flexibility index (Phi) is 3.77. The third kappa shape index (κ3) is 2.70. The van der Waals surface area contributed by atoms with Gasteiger partial charge >= 0.3 is 6.09 Å². The van der Waals surface area contributed by atoms with E-state index in [1.807, 2.05) is 36.4 Å². The average Bonchev–Trinajstić information content (AvgIpc) is 2.54. The number of ether oxygens (including phenoxy) is 2. The van der Waals surface area contributed by atoms with Crippen LogP contribution < -0.4 is 14.4 Å². The van der Waals surface area contributed by atoms with Crippen molar-refractivity contribution in [2.45, 2.75) is 12.8 Å². The molecule has 0 atom stereocenters. The summed E-state index contributed by atoms with van der Waals surface area (Å²) in [7, 11) is 1.62. The Morgan fingerprint density at radius 1 is 1.10 bits per heavy atom. The third-order valence-corrected chi connectivity index (χ3v) is 3.57. The molecule has 2 aromatic carbocycles. The summed E-state index contributed by atoms with van der Waals surface area (Å²) in [5.41, 5.74) is 1.94. The number of carbonyl (C=O) groups excluding carboxylic acids is 1. The number of amides is 1. The van der Waals surface area contributed by atoms with Gasteiger partial charge in [0.05, 0.1) is 12.8 Å². The highest BCUT2D eigenvalue weighted by molar-refractivity contribution is 5.92. The lowest BCUT2D eigenvalue weighted by Gasteiger charge is -2.30. The first kappa shape index (κ1) is 13.5. The van der Waals surface area contributed by atoms with Gasteiger partial charge in [0.15, 0.2) is 0 Å². The lowest BCUT2D eigenvalue weighted by molar-refractivity contribution is 0.206. The molecule has 0 radical (unpaired) electrons. The second-order valence-corrected chi connectivity index (χ2v) is 4.90. The largest absolute Gasteiger partial charge is 0.495 e. The highest BCUT2D eigenvalue weighted by Crippen LogP contribution is 2.36. The molecule has 0 bridgehead atoms. The Morgan fingerprint density at radius 3 is 2.67 bits per heavy atom. The molecule has 0 saturated carbocycles. The monoisotopic (exact) mass is 283 g/mol. The maximum Gasteiger partial charge on any atom is 0.419 e. The van der Waals surface area contributed by atoms with Crippen LogP contribution in [-0.2, 0) is 6.42 Å². The highest BCUT2D eigenvalue weighted by Gasteiger charge is 2.27. The number of rotatable bonds is 2. The number of carbonyl (C=O) groups is 1. The van der Waals surface area contributed by atoms with Crippen LogP contribution in [-0.4, -0.2) is 19.7 Å². The van der Waals surface area contributed by atoms with Crippen LogP contribution in [0.25, 0.3) is 0 Å². The van der Waals surface area contributed by atoms with E-state index in [0.29, 0.717) is 18.0 Å². The van der Waals surface area contributed by atoms with Crippen molar-refractivity contribution < 1.29 is 14.3 Å². The van der Waals surface area contributed by atoms with Crippen LogP contribution in [0.4, 0.5) is 10.5 Å². The van der Waals surface area contributed by atoms with Crippen molar-refractivity contribution in [3.63, 3.8) is 0 Å². The van der Waals surface area contributed by atoms with Gasteiger partial charge < -0.3 is 9.47 Å². The quantitative estimate of drug-likeness (QED) is 0.844. The molecule has 21 heavy (non-hydrogen) atoms. The SMILES string of the molecule is COc1cccc2c1N(C(=O)Oc1ccccc1)CCC2. The summed E-state index contributed by atoms with van der Waals surface area (Å²) in [6.07, 6.45) is 1.50. The van der Waals surface area contributed by atoms with Gasteiger partial charge in [-0.25, -0.2) is 4.79 Å². The first-order valence-corrected chi connectivity index (χ1v) is 7.00. The Hall–Kier alpha value is -2.49. The smallest absolute Gasteiger partial charge is 0.419 e. The fourth-order valence-electron chi connectivity index (χ4n) is 2.61. The average molecular weight is 283 g/mol. The van der Waals surface area contributed by atoms with E-state index in [9.17, 15) is 4.79 Å². The minimum Gasteiger partial charge on any atom is -0.495 e. The molecule has 2 aromatic rings. The van der Waals surface area contributed by atoms with Crippen LogP contribution in [0.2, 0.25) is 0 Å². The zero-order chi connectivity index (χ0) is 14.7. The molecule has 1 aliphatic rings. The fourth-order valence-corrected chi connectivity index (χ4v) is 2.61. The van der Waals surface area contributed by atoms with Gasteiger partial charge in [0.2, 0.25) is 0 Å². The van der Waals surface area contributed by atoms with E-state index >= 15 is 0 Å². The Labute approximate surface area is 123 Å². The van der Waals surface area contributed by atoms with Crippen LogP contribution in [0, 0.1) is 0 Å². The number of benzene rings is 2. The zero-order valence-electron chi connectivity index (χ0n) is 11.9. The van der Waals surface area contributed by atoms with Gasteiger partial charge in [-0.2, -0.15) is 0 Å². The summed E-state index contributed by atoms with van der Waals surface area (Å²) in [4.78, 5) is 14.1. The molecule has 0 saturated heterocycles. The predicted octanol–water partition coefficient (Wildman–Crippen LogP) is 3.65. The van der Waals surface area contributed by atoms with E-state index in [1.54, 1.807) is 24.1 Å². The van der Waals surface area contributed by atoms with E-state index in [0.717, 1.165) is 24.1 Å². The number of nitrogens with zero attached hydrogens (tertiary/aromatic N) is 1. The summed E-state index contributed by atoms with van der Waals surface area (Å²) in [5, 5.41) is 0. The van der Waals surface area contributed by atoms with Gasteiger partial charge in [-0.1, -0.05) is 30.3 Å². The maximum atomic E-state index is 12.4. The first-order valence-electron chi connectivity index (χ1n) is 7.00. The number of para-hydroxylation sites is 2. The van der Waals surface area contributed by atoms with Gasteiger partial charge in [0.25, 0.3) is 0 Å². The standard InChI is InChI=1S/C17H17NO3/c1-20-15-11-5-7-13-8-6-12-18(16(13)15)17(19)21-14-9-3-2-4-10-14/h2-5,7,9-11H,6,8,12H2,1H3. The van der Waals surface area contributed by atoms with Gasteiger partial charge in [0.1, 0.15) is 11.5 Å². The van der Waals surface area contributed by atoms with E-state index in [-0.39, 0.29) is 6.09 Å². The minimum absolute atomic E-state index is 0.369. The number of hydrogen-bond acceptors (Lipinski definition) is 3. The zero-order valence-corrected chi connectivity index (χ0v) is 11.9.